The minimum absolute atomic E-state index is 0.144. The summed E-state index contributed by atoms with van der Waals surface area (Å²) in [6.07, 6.45) is 6.66. The molecule has 0 bridgehead atoms. The Morgan fingerprint density at radius 1 is 0.938 bits per heavy atom. The number of aryl methyl sites for hydroxylation is 2. The summed E-state index contributed by atoms with van der Waals surface area (Å²) in [6, 6.07) is 4.75. The highest BCUT2D eigenvalue weighted by atomic mass is 32.1. The van der Waals surface area contributed by atoms with E-state index in [1.807, 2.05) is 6.07 Å². The number of hydrazine groups is 1. The summed E-state index contributed by atoms with van der Waals surface area (Å²) in [6.45, 7) is -0.376. The van der Waals surface area contributed by atoms with Crippen LogP contribution in [0, 0.1) is 0 Å². The van der Waals surface area contributed by atoms with Gasteiger partial charge in [-0.05, 0) is 49.4 Å². The monoisotopic (exact) mass is 461 g/mol. The van der Waals surface area contributed by atoms with Crippen molar-refractivity contribution in [3.63, 3.8) is 0 Å². The lowest BCUT2D eigenvalue weighted by Gasteiger charge is -2.15. The summed E-state index contributed by atoms with van der Waals surface area (Å²) in [4.78, 5) is 38.1. The van der Waals surface area contributed by atoms with Gasteiger partial charge in [-0.15, -0.1) is 11.3 Å². The summed E-state index contributed by atoms with van der Waals surface area (Å²) in [5, 5.41) is 0. The number of primary amides is 1. The largest absolute Gasteiger partial charge is 0.493 e. The molecule has 0 atom stereocenters. The number of carbonyl (C=O) groups is 3. The van der Waals surface area contributed by atoms with Crippen molar-refractivity contribution >= 4 is 29.1 Å². The molecule has 32 heavy (non-hydrogen) atoms. The van der Waals surface area contributed by atoms with Crippen LogP contribution in [0.15, 0.2) is 18.2 Å². The van der Waals surface area contributed by atoms with Crippen LogP contribution >= 0.6 is 11.3 Å². The molecule has 0 aliphatic heterocycles. The van der Waals surface area contributed by atoms with E-state index in [4.69, 9.17) is 19.9 Å². The molecule has 1 aromatic carbocycles. The van der Waals surface area contributed by atoms with E-state index in [2.05, 4.69) is 10.9 Å². The van der Waals surface area contributed by atoms with Crippen LogP contribution in [0.25, 0.3) is 0 Å². The third-order valence-electron chi connectivity index (χ3n) is 5.09. The molecular weight excluding hydrogens is 434 g/mol. The zero-order valence-corrected chi connectivity index (χ0v) is 18.9. The third-order valence-corrected chi connectivity index (χ3v) is 6.33. The molecule has 1 aliphatic rings. The van der Waals surface area contributed by atoms with Gasteiger partial charge in [-0.3, -0.25) is 25.2 Å². The second-order valence-corrected chi connectivity index (χ2v) is 8.48. The molecule has 0 radical (unpaired) electrons. The fourth-order valence-electron chi connectivity index (χ4n) is 3.50. The van der Waals surface area contributed by atoms with Crippen molar-refractivity contribution in [2.75, 3.05) is 20.8 Å². The van der Waals surface area contributed by atoms with Crippen molar-refractivity contribution in [2.24, 2.45) is 5.73 Å². The number of nitrogens with two attached hydrogens (primary N) is 1. The Morgan fingerprint density at radius 3 is 2.19 bits per heavy atom. The Labute approximate surface area is 190 Å². The lowest BCUT2D eigenvalue weighted by atomic mass is 10.00. The van der Waals surface area contributed by atoms with E-state index in [-0.39, 0.29) is 35.3 Å². The van der Waals surface area contributed by atoms with Crippen molar-refractivity contribution in [1.82, 2.24) is 10.9 Å². The van der Waals surface area contributed by atoms with Crippen molar-refractivity contribution in [3.8, 4) is 17.2 Å². The van der Waals surface area contributed by atoms with Crippen molar-refractivity contribution in [2.45, 2.75) is 38.5 Å². The number of benzene rings is 1. The molecule has 0 fully saturated rings. The lowest BCUT2D eigenvalue weighted by Crippen LogP contribution is -2.41. The highest BCUT2D eigenvalue weighted by molar-refractivity contribution is 7.14. The molecule has 10 heteroatoms. The first-order valence-electron chi connectivity index (χ1n) is 10.3. The van der Waals surface area contributed by atoms with E-state index < -0.39 is 11.8 Å². The molecule has 2 aromatic rings. The smallest absolute Gasteiger partial charge is 0.279 e. The SMILES string of the molecule is COc1cc(C(=O)NNC(=O)c2cc3c(s2)CCCCCC3)cc(OC)c1OCC(N)=O. The average Bonchev–Trinajstić information content (AvgIpc) is 3.16. The van der Waals surface area contributed by atoms with Gasteiger partial charge in [0.25, 0.3) is 17.7 Å². The Kier molecular flexibility index (Phi) is 7.93. The number of ether oxygens (including phenoxy) is 3. The highest BCUT2D eigenvalue weighted by Crippen LogP contribution is 2.38. The predicted octanol–water partition coefficient (Wildman–Crippen LogP) is 2.36. The number of hydrogen-bond donors (Lipinski definition) is 3. The summed E-state index contributed by atoms with van der Waals surface area (Å²) >= 11 is 1.48. The van der Waals surface area contributed by atoms with Crippen LogP contribution in [0.3, 0.4) is 0 Å². The number of rotatable bonds is 7. The first-order chi connectivity index (χ1) is 15.4. The van der Waals surface area contributed by atoms with Gasteiger partial charge < -0.3 is 19.9 Å². The Bertz CT molecular complexity index is 953. The summed E-state index contributed by atoms with van der Waals surface area (Å²) < 4.78 is 15.8. The Hall–Kier alpha value is -3.27. The second-order valence-electron chi connectivity index (χ2n) is 7.35. The Balaban J connectivity index is 1.69. The van der Waals surface area contributed by atoms with Crippen molar-refractivity contribution in [3.05, 3.63) is 39.1 Å². The minimum atomic E-state index is -0.667. The fraction of sp³-hybridized carbons (Fsp3) is 0.409. The van der Waals surface area contributed by atoms with E-state index >= 15 is 0 Å². The maximum absolute atomic E-state index is 12.6. The van der Waals surface area contributed by atoms with Gasteiger partial charge in [0, 0.05) is 10.4 Å². The molecule has 0 saturated carbocycles. The van der Waals surface area contributed by atoms with Crippen LogP contribution in [0.1, 0.15) is 56.2 Å². The standard InChI is InChI=1S/C22H27N3O6S/c1-29-15-9-14(10-16(30-2)20(15)31-12-19(23)26)21(27)24-25-22(28)18-11-13-7-5-3-4-6-8-17(13)32-18/h9-11H,3-8,12H2,1-2H3,(H2,23,26)(H,24,27)(H,25,28). The number of amides is 3. The second kappa shape index (κ2) is 10.9. The molecule has 3 amide bonds. The van der Waals surface area contributed by atoms with E-state index in [1.54, 1.807) is 0 Å². The van der Waals surface area contributed by atoms with Crippen molar-refractivity contribution in [1.29, 1.82) is 0 Å². The minimum Gasteiger partial charge on any atom is -0.493 e. The van der Waals surface area contributed by atoms with Gasteiger partial charge in [0.2, 0.25) is 5.75 Å². The molecular formula is C22H27N3O6S. The number of thiophene rings is 1. The first kappa shape index (κ1) is 23.4. The molecule has 0 spiro atoms. The van der Waals surface area contributed by atoms with Gasteiger partial charge in [0.05, 0.1) is 19.1 Å². The maximum Gasteiger partial charge on any atom is 0.279 e. The molecule has 1 aromatic heterocycles. The number of hydrogen-bond acceptors (Lipinski definition) is 7. The molecule has 1 heterocycles. The van der Waals surface area contributed by atoms with Gasteiger partial charge in [-0.2, -0.15) is 0 Å². The first-order valence-corrected chi connectivity index (χ1v) is 11.1. The summed E-state index contributed by atoms with van der Waals surface area (Å²) in [5.74, 6) is -1.09. The van der Waals surface area contributed by atoms with Crippen LogP contribution in [-0.4, -0.2) is 38.5 Å². The maximum atomic E-state index is 12.6. The van der Waals surface area contributed by atoms with Gasteiger partial charge in [0.1, 0.15) is 0 Å². The quantitative estimate of drug-likeness (QED) is 0.543. The van der Waals surface area contributed by atoms with Crippen LogP contribution in [-0.2, 0) is 17.6 Å². The zero-order valence-electron chi connectivity index (χ0n) is 18.1. The topological polar surface area (TPSA) is 129 Å². The van der Waals surface area contributed by atoms with Crippen LogP contribution in [0.4, 0.5) is 0 Å². The molecule has 3 rings (SSSR count). The van der Waals surface area contributed by atoms with E-state index in [0.717, 1.165) is 25.7 Å². The van der Waals surface area contributed by atoms with Gasteiger partial charge in [-0.25, -0.2) is 0 Å². The summed E-state index contributed by atoms with van der Waals surface area (Å²) in [5.41, 5.74) is 11.4. The van der Waals surface area contributed by atoms with Gasteiger partial charge >= 0.3 is 0 Å². The number of methoxy groups -OCH3 is 2. The molecule has 172 valence electrons. The molecule has 9 nitrogen and oxygen atoms in total. The lowest BCUT2D eigenvalue weighted by molar-refractivity contribution is -0.120. The fourth-order valence-corrected chi connectivity index (χ4v) is 4.65. The normalized spacial score (nSPS) is 13.2. The number of carbonyl (C=O) groups excluding carboxylic acids is 3. The van der Waals surface area contributed by atoms with Gasteiger partial charge in [-0.1, -0.05) is 12.8 Å². The molecule has 0 saturated heterocycles. The predicted molar refractivity (Wildman–Crippen MR) is 119 cm³/mol. The Morgan fingerprint density at radius 2 is 1.56 bits per heavy atom. The van der Waals surface area contributed by atoms with Gasteiger partial charge in [0.15, 0.2) is 18.1 Å². The summed E-state index contributed by atoms with van der Waals surface area (Å²) in [7, 11) is 2.77. The van der Waals surface area contributed by atoms with Crippen LogP contribution < -0.4 is 30.8 Å². The number of nitrogens with one attached hydrogen (secondary N) is 2. The molecule has 0 unspecified atom stereocenters. The third kappa shape index (κ3) is 5.70. The van der Waals surface area contributed by atoms with Crippen LogP contribution in [0.2, 0.25) is 0 Å². The molecule has 4 N–H and O–H groups in total. The van der Waals surface area contributed by atoms with Crippen LogP contribution in [0.5, 0.6) is 17.2 Å². The van der Waals surface area contributed by atoms with E-state index in [1.165, 1.54) is 61.0 Å². The average molecular weight is 462 g/mol. The zero-order chi connectivity index (χ0) is 23.1. The molecule has 1 aliphatic carbocycles. The van der Waals surface area contributed by atoms with E-state index in [9.17, 15) is 14.4 Å². The van der Waals surface area contributed by atoms with Crippen molar-refractivity contribution < 1.29 is 28.6 Å². The highest BCUT2D eigenvalue weighted by Gasteiger charge is 2.20. The van der Waals surface area contributed by atoms with E-state index in [0.29, 0.717) is 4.88 Å². The number of fused-ring (bicyclic) bond motifs is 1.